The summed E-state index contributed by atoms with van der Waals surface area (Å²) >= 11 is 0. The summed E-state index contributed by atoms with van der Waals surface area (Å²) in [4.78, 5) is 0. The summed E-state index contributed by atoms with van der Waals surface area (Å²) in [6, 6.07) is 21.5. The first kappa shape index (κ1) is 68.0. The Morgan fingerprint density at radius 2 is 0.533 bits per heavy atom. The first-order valence-corrected chi connectivity index (χ1v) is 32.5. The monoisotopic (exact) mass is 1440 g/mol. The second kappa shape index (κ2) is 24.7. The summed E-state index contributed by atoms with van der Waals surface area (Å²) < 4.78 is 26.3. The molecule has 5 aliphatic rings. The average molecular weight is 1440 g/mol. The number of ether oxygens (including phenoxy) is 4. The Kier molecular flexibility index (Phi) is 16.0. The maximum Gasteiger partial charge on any atom is 0.157 e. The van der Waals surface area contributed by atoms with Crippen molar-refractivity contribution in [3.63, 3.8) is 0 Å². The number of aromatic hydroxyl groups is 20. The molecule has 0 amide bonds. The number of benzene rings is 10. The molecule has 29 nitrogen and oxygen atoms in total. The van der Waals surface area contributed by atoms with Gasteiger partial charge < -0.3 is 147 Å². The minimum Gasteiger partial charge on any atom is -0.508 e. The highest BCUT2D eigenvalue weighted by Crippen LogP contribution is 2.66. The summed E-state index contributed by atoms with van der Waals surface area (Å²) in [7, 11) is 0. The SMILES string of the molecule is Oc1cc(O)c2c(c1)OC(c1ccc(O)c(O)c1)C(O)C2c1c(O)cc(O)c2c1CC(c1ccc(O)c(O)c1)C(O)C2c1c(O)cc(O)c2c1OC(c1ccc(O)c(O)c1)C(O)C2c1c(O)cc(O)c2c1OC(c1ccc(O)c(O)c1)C(O)C2c1c(O)cc(O)c2c1OC(c1ccc(O)c(O)c1)C(O)C2. The van der Waals surface area contributed by atoms with E-state index in [1.54, 1.807) is 0 Å². The molecule has 0 saturated heterocycles. The highest BCUT2D eigenvalue weighted by molar-refractivity contribution is 5.74. The number of hydrogen-bond acceptors (Lipinski definition) is 29. The van der Waals surface area contributed by atoms with E-state index in [0.29, 0.717) is 12.1 Å². The van der Waals surface area contributed by atoms with Crippen LogP contribution in [0.15, 0.2) is 127 Å². The van der Waals surface area contributed by atoms with E-state index >= 15 is 0 Å². The molecule has 0 saturated carbocycles. The molecule has 0 fully saturated rings. The molecule has 0 aromatic heterocycles. The van der Waals surface area contributed by atoms with E-state index in [2.05, 4.69) is 0 Å². The Morgan fingerprint density at radius 1 is 0.229 bits per heavy atom. The van der Waals surface area contributed by atoms with Gasteiger partial charge in [0.05, 0.1) is 30.0 Å². The van der Waals surface area contributed by atoms with E-state index in [0.717, 1.165) is 91.0 Å². The van der Waals surface area contributed by atoms with Crippen molar-refractivity contribution < 1.29 is 147 Å². The van der Waals surface area contributed by atoms with Gasteiger partial charge in [0.1, 0.15) is 105 Å². The molecule has 29 heteroatoms. The number of phenolic OH excluding ortho intramolecular Hbond substituents is 20. The Balaban J connectivity index is 1.00. The fourth-order valence-corrected chi connectivity index (χ4v) is 16.0. The van der Waals surface area contributed by atoms with Gasteiger partial charge in [0.2, 0.25) is 0 Å². The number of rotatable bonds is 9. The van der Waals surface area contributed by atoms with Crippen LogP contribution in [0.2, 0.25) is 0 Å². The van der Waals surface area contributed by atoms with Crippen molar-refractivity contribution in [2.75, 3.05) is 0 Å². The molecule has 0 radical (unpaired) electrons. The third kappa shape index (κ3) is 10.7. The number of aliphatic hydroxyl groups excluding tert-OH is 5. The summed E-state index contributed by atoms with van der Waals surface area (Å²) in [5.41, 5.74) is -4.86. The van der Waals surface area contributed by atoms with Gasteiger partial charge in [0.25, 0.3) is 0 Å². The van der Waals surface area contributed by atoms with E-state index in [4.69, 9.17) is 18.9 Å². The number of aliphatic hydroxyl groups is 5. The zero-order valence-corrected chi connectivity index (χ0v) is 53.9. The molecule has 1 aliphatic carbocycles. The van der Waals surface area contributed by atoms with Gasteiger partial charge in [-0.3, -0.25) is 0 Å². The van der Waals surface area contributed by atoms with Gasteiger partial charge in [-0.25, -0.2) is 0 Å². The van der Waals surface area contributed by atoms with Gasteiger partial charge >= 0.3 is 0 Å². The standard InChI is InChI=1S/C76H64O29/c77-29-16-44(89)56-53(17-29)102-71(26-3-8-35(80)41(86)13-26)67(99)62(56)54-32-18-30(24-1-6-33(78)39(84)11-24)66(98)63(55(32)46(91)21-45(54)90)58-48(93)22-50(95)60-65(69(101)73(104-75(58)60)28-5-10-37(82)43(88)15-28)61-51(96)23-49(94)59-64(68(100)72(105-76(59)61)27-4-9-36(81)42(87)14-27)57-47(92)20-38(83)31-19-52(97)70(103-74(31)57)25-2-7-34(79)40(85)12-25/h1-17,20-23,30,52,62-73,77-101H,18-19H2. The zero-order chi connectivity index (χ0) is 74.7. The lowest BCUT2D eigenvalue weighted by Crippen LogP contribution is -2.40. The van der Waals surface area contributed by atoms with Crippen LogP contribution in [0.5, 0.6) is 138 Å². The van der Waals surface area contributed by atoms with Crippen LogP contribution < -0.4 is 18.9 Å². The van der Waals surface area contributed by atoms with E-state index in [1.165, 1.54) is 24.3 Å². The minimum atomic E-state index is -2.28. The lowest BCUT2D eigenvalue weighted by Gasteiger charge is -2.45. The third-order valence-electron chi connectivity index (χ3n) is 20.7. The van der Waals surface area contributed by atoms with E-state index in [1.807, 2.05) is 0 Å². The largest absolute Gasteiger partial charge is 0.508 e. The predicted octanol–water partition coefficient (Wildman–Crippen LogP) is 7.55. The van der Waals surface area contributed by atoms with Crippen LogP contribution in [0.25, 0.3) is 0 Å². The molecule has 14 atom stereocenters. The smallest absolute Gasteiger partial charge is 0.157 e. The fourth-order valence-electron chi connectivity index (χ4n) is 16.0. The first-order valence-electron chi connectivity index (χ1n) is 32.5. The van der Waals surface area contributed by atoms with Crippen LogP contribution >= 0.6 is 0 Å². The molecule has 0 bridgehead atoms. The Bertz CT molecular complexity index is 5270. The summed E-state index contributed by atoms with van der Waals surface area (Å²) in [5.74, 6) is -26.9. The number of fused-ring (bicyclic) bond motifs is 5. The molecule has 0 spiro atoms. The fraction of sp³-hybridized carbons (Fsp3) is 0.211. The van der Waals surface area contributed by atoms with Crippen LogP contribution in [-0.2, 0) is 12.8 Å². The zero-order valence-electron chi connectivity index (χ0n) is 53.9. The van der Waals surface area contributed by atoms with Gasteiger partial charge in [0, 0.05) is 105 Å². The second-order valence-electron chi connectivity index (χ2n) is 26.7. The Labute approximate surface area is 590 Å². The lowest BCUT2D eigenvalue weighted by molar-refractivity contribution is -0.00621. The van der Waals surface area contributed by atoms with Crippen LogP contribution in [0, 0.1) is 0 Å². The molecule has 105 heavy (non-hydrogen) atoms. The van der Waals surface area contributed by atoms with Crippen molar-refractivity contribution in [2.45, 2.75) is 97.4 Å². The van der Waals surface area contributed by atoms with Gasteiger partial charge in [-0.2, -0.15) is 0 Å². The lowest BCUT2D eigenvalue weighted by atomic mass is 9.65. The third-order valence-corrected chi connectivity index (χ3v) is 20.7. The first-order chi connectivity index (χ1) is 49.9. The highest BCUT2D eigenvalue weighted by atomic mass is 16.5. The van der Waals surface area contributed by atoms with Crippen molar-refractivity contribution in [1.82, 2.24) is 0 Å². The van der Waals surface area contributed by atoms with Crippen LogP contribution in [-0.4, -0.2) is 158 Å². The second-order valence-corrected chi connectivity index (χ2v) is 26.7. The van der Waals surface area contributed by atoms with E-state index < -0.39 is 263 Å². The van der Waals surface area contributed by atoms with Crippen molar-refractivity contribution in [1.29, 1.82) is 0 Å². The van der Waals surface area contributed by atoms with Crippen LogP contribution in [0.1, 0.15) is 137 Å². The summed E-state index contributed by atoms with van der Waals surface area (Å²) in [5, 5.41) is 295. The summed E-state index contributed by atoms with van der Waals surface area (Å²) in [6.07, 6.45) is -18.1. The van der Waals surface area contributed by atoms with Gasteiger partial charge in [0.15, 0.2) is 75.8 Å². The average Bonchev–Trinajstić information content (AvgIpc) is 0.718. The van der Waals surface area contributed by atoms with Crippen molar-refractivity contribution in [3.05, 3.63) is 211 Å². The van der Waals surface area contributed by atoms with Crippen LogP contribution in [0.4, 0.5) is 0 Å². The van der Waals surface area contributed by atoms with Crippen LogP contribution in [0.3, 0.4) is 0 Å². The number of phenols is 20. The minimum absolute atomic E-state index is 0.00267. The van der Waals surface area contributed by atoms with Gasteiger partial charge in [-0.1, -0.05) is 30.3 Å². The van der Waals surface area contributed by atoms with Crippen molar-refractivity contribution in [3.8, 4) is 138 Å². The quantitative estimate of drug-likeness (QED) is 0.0620. The highest BCUT2D eigenvalue weighted by Gasteiger charge is 2.55. The Morgan fingerprint density at radius 3 is 0.933 bits per heavy atom. The van der Waals surface area contributed by atoms with Gasteiger partial charge in [-0.15, -0.1) is 0 Å². The van der Waals surface area contributed by atoms with Gasteiger partial charge in [-0.05, 0) is 100 Å². The molecule has 14 unspecified atom stereocenters. The van der Waals surface area contributed by atoms with E-state index in [9.17, 15) is 128 Å². The van der Waals surface area contributed by atoms with Crippen molar-refractivity contribution in [2.24, 2.45) is 0 Å². The molecule has 4 heterocycles. The molecular formula is C76H64O29. The van der Waals surface area contributed by atoms with E-state index in [-0.39, 0.29) is 55.8 Å². The maximum absolute atomic E-state index is 13.5. The van der Waals surface area contributed by atoms with Crippen molar-refractivity contribution >= 4 is 0 Å². The molecule has 25 N–H and O–H groups in total. The molecule has 15 rings (SSSR count). The normalized spacial score (nSPS) is 24.3. The maximum atomic E-state index is 13.5. The predicted molar refractivity (Wildman–Crippen MR) is 359 cm³/mol. The molecule has 10 aromatic rings. The molecule has 10 aromatic carbocycles. The summed E-state index contributed by atoms with van der Waals surface area (Å²) in [6.45, 7) is 0. The molecule has 542 valence electrons. The Hall–Kier alpha value is -12.8. The molecule has 4 aliphatic heterocycles. The number of hydrogen-bond donors (Lipinski definition) is 25. The topological polar surface area (TPSA) is 543 Å². The molecular weight excluding hydrogens is 1380 g/mol.